The van der Waals surface area contributed by atoms with E-state index in [1.54, 1.807) is 36.4 Å². The number of benzene rings is 2. The molecule has 0 aliphatic heterocycles. The van der Waals surface area contributed by atoms with Gasteiger partial charge in [-0.3, -0.25) is 0 Å². The van der Waals surface area contributed by atoms with Crippen LogP contribution in [0.2, 0.25) is 0 Å². The SMILES string of the molecule is Fc1ccccc1[B]c1ccccc1F. The lowest BCUT2D eigenvalue weighted by atomic mass is 9.63. The summed E-state index contributed by atoms with van der Waals surface area (Å²) in [6, 6.07) is 12.6. The summed E-state index contributed by atoms with van der Waals surface area (Å²) in [5.74, 6) is -0.693. The van der Waals surface area contributed by atoms with Crippen LogP contribution in [-0.2, 0) is 0 Å². The van der Waals surface area contributed by atoms with Gasteiger partial charge in [-0.2, -0.15) is 0 Å². The molecule has 73 valence electrons. The molecule has 2 aromatic carbocycles. The van der Waals surface area contributed by atoms with Crippen LogP contribution in [0.4, 0.5) is 8.78 Å². The molecule has 0 heterocycles. The highest BCUT2D eigenvalue weighted by atomic mass is 19.1. The monoisotopic (exact) mass is 201 g/mol. The summed E-state index contributed by atoms with van der Waals surface area (Å²) in [5.41, 5.74) is 0.783. The molecule has 0 spiro atoms. The van der Waals surface area contributed by atoms with Crippen molar-refractivity contribution < 1.29 is 8.78 Å². The van der Waals surface area contributed by atoms with Gasteiger partial charge in [0.25, 0.3) is 0 Å². The highest BCUT2D eigenvalue weighted by Crippen LogP contribution is 1.95. The highest BCUT2D eigenvalue weighted by Gasteiger charge is 2.07. The Balaban J connectivity index is 2.30. The number of hydrogen-bond donors (Lipinski definition) is 0. The smallest absolute Gasteiger partial charge is 0.199 e. The molecule has 2 aromatic rings. The fourth-order valence-electron chi connectivity index (χ4n) is 1.35. The van der Waals surface area contributed by atoms with Crippen molar-refractivity contribution >= 4 is 18.2 Å². The summed E-state index contributed by atoms with van der Waals surface area (Å²) >= 11 is 0. The zero-order chi connectivity index (χ0) is 10.7. The largest absolute Gasteiger partial charge is 0.208 e. The van der Waals surface area contributed by atoms with E-state index in [4.69, 9.17) is 0 Å². The van der Waals surface area contributed by atoms with Crippen molar-refractivity contribution in [2.75, 3.05) is 0 Å². The molecule has 0 N–H and O–H groups in total. The number of rotatable bonds is 2. The molecule has 0 atom stereocenters. The second kappa shape index (κ2) is 4.26. The molecule has 0 amide bonds. The summed E-state index contributed by atoms with van der Waals surface area (Å²) < 4.78 is 26.5. The van der Waals surface area contributed by atoms with E-state index in [-0.39, 0.29) is 11.6 Å². The van der Waals surface area contributed by atoms with Crippen molar-refractivity contribution in [3.63, 3.8) is 0 Å². The quantitative estimate of drug-likeness (QED) is 0.647. The maximum absolute atomic E-state index is 13.3. The Kier molecular flexibility index (Phi) is 2.81. The van der Waals surface area contributed by atoms with Crippen LogP contribution < -0.4 is 10.9 Å². The van der Waals surface area contributed by atoms with E-state index in [0.29, 0.717) is 10.9 Å². The average molecular weight is 201 g/mol. The summed E-state index contributed by atoms with van der Waals surface area (Å²) in [6.07, 6.45) is 0. The van der Waals surface area contributed by atoms with Gasteiger partial charge in [-0.05, 0) is 23.1 Å². The normalized spacial score (nSPS) is 10.0. The molecule has 15 heavy (non-hydrogen) atoms. The van der Waals surface area contributed by atoms with Crippen molar-refractivity contribution in [2.24, 2.45) is 0 Å². The van der Waals surface area contributed by atoms with E-state index in [2.05, 4.69) is 0 Å². The third-order valence-electron chi connectivity index (χ3n) is 2.12. The first-order chi connectivity index (χ1) is 7.27. The summed E-state index contributed by atoms with van der Waals surface area (Å²) in [6.45, 7) is 0. The summed E-state index contributed by atoms with van der Waals surface area (Å²) in [4.78, 5) is 0. The van der Waals surface area contributed by atoms with Gasteiger partial charge in [-0.15, -0.1) is 0 Å². The maximum atomic E-state index is 13.3. The molecule has 0 aromatic heterocycles. The van der Waals surface area contributed by atoms with Crippen LogP contribution in [0.5, 0.6) is 0 Å². The van der Waals surface area contributed by atoms with Crippen LogP contribution in [0.3, 0.4) is 0 Å². The zero-order valence-corrected chi connectivity index (χ0v) is 7.95. The minimum Gasteiger partial charge on any atom is -0.208 e. The van der Waals surface area contributed by atoms with Crippen molar-refractivity contribution in [2.45, 2.75) is 0 Å². The van der Waals surface area contributed by atoms with E-state index in [1.165, 1.54) is 19.4 Å². The van der Waals surface area contributed by atoms with Crippen LogP contribution in [0.15, 0.2) is 48.5 Å². The first-order valence-electron chi connectivity index (χ1n) is 4.61. The Bertz CT molecular complexity index is 425. The van der Waals surface area contributed by atoms with Crippen molar-refractivity contribution in [3.05, 3.63) is 60.2 Å². The summed E-state index contributed by atoms with van der Waals surface area (Å²) in [7, 11) is 1.49. The van der Waals surface area contributed by atoms with Gasteiger partial charge in [0.15, 0.2) is 7.28 Å². The van der Waals surface area contributed by atoms with Gasteiger partial charge in [0.05, 0.1) is 0 Å². The molecule has 2 rings (SSSR count). The second-order valence-electron chi connectivity index (χ2n) is 3.19. The predicted molar refractivity (Wildman–Crippen MR) is 57.8 cm³/mol. The minimum absolute atomic E-state index is 0.347. The van der Waals surface area contributed by atoms with Crippen LogP contribution in [0.25, 0.3) is 0 Å². The lowest BCUT2D eigenvalue weighted by Crippen LogP contribution is -2.31. The van der Waals surface area contributed by atoms with E-state index in [1.807, 2.05) is 0 Å². The Morgan fingerprint density at radius 1 is 0.667 bits per heavy atom. The molecule has 0 fully saturated rings. The molecule has 0 aliphatic carbocycles. The first-order valence-corrected chi connectivity index (χ1v) is 4.61. The van der Waals surface area contributed by atoms with E-state index in [9.17, 15) is 8.78 Å². The molecular weight excluding hydrogens is 193 g/mol. The van der Waals surface area contributed by atoms with Gasteiger partial charge in [0, 0.05) is 0 Å². The predicted octanol–water partition coefficient (Wildman–Crippen LogP) is 1.62. The van der Waals surface area contributed by atoms with Gasteiger partial charge in [-0.25, -0.2) is 8.78 Å². The topological polar surface area (TPSA) is 0 Å². The van der Waals surface area contributed by atoms with Crippen molar-refractivity contribution in [1.82, 2.24) is 0 Å². The minimum atomic E-state index is -0.347. The fraction of sp³-hybridized carbons (Fsp3) is 0. The highest BCUT2D eigenvalue weighted by molar-refractivity contribution is 6.67. The Hall–Kier alpha value is -1.64. The fourth-order valence-corrected chi connectivity index (χ4v) is 1.35. The molecule has 0 aliphatic rings. The zero-order valence-electron chi connectivity index (χ0n) is 7.95. The van der Waals surface area contributed by atoms with Gasteiger partial charge in [0.2, 0.25) is 0 Å². The van der Waals surface area contributed by atoms with Crippen LogP contribution in [-0.4, -0.2) is 7.28 Å². The second-order valence-corrected chi connectivity index (χ2v) is 3.19. The van der Waals surface area contributed by atoms with E-state index in [0.717, 1.165) is 0 Å². The number of halogens is 2. The van der Waals surface area contributed by atoms with Crippen LogP contribution in [0.1, 0.15) is 0 Å². The third-order valence-corrected chi connectivity index (χ3v) is 2.12. The summed E-state index contributed by atoms with van der Waals surface area (Å²) in [5, 5.41) is 0. The van der Waals surface area contributed by atoms with E-state index >= 15 is 0 Å². The van der Waals surface area contributed by atoms with Gasteiger partial charge in [-0.1, -0.05) is 36.4 Å². The standard InChI is InChI=1S/C12H8BF2/c14-11-7-3-1-5-9(11)13-10-6-2-4-8-12(10)15/h1-8H. The van der Waals surface area contributed by atoms with Crippen molar-refractivity contribution in [1.29, 1.82) is 0 Å². The molecule has 0 nitrogen and oxygen atoms in total. The molecule has 3 heteroatoms. The lowest BCUT2D eigenvalue weighted by molar-refractivity contribution is 0.633. The van der Waals surface area contributed by atoms with E-state index < -0.39 is 0 Å². The Morgan fingerprint density at radius 2 is 1.07 bits per heavy atom. The van der Waals surface area contributed by atoms with Crippen LogP contribution >= 0.6 is 0 Å². The molecule has 0 bridgehead atoms. The maximum Gasteiger partial charge on any atom is 0.199 e. The molecular formula is C12H8BF2. The number of hydrogen-bond acceptors (Lipinski definition) is 0. The van der Waals surface area contributed by atoms with Crippen LogP contribution in [0, 0.1) is 11.6 Å². The first kappa shape index (κ1) is 9.90. The molecule has 1 radical (unpaired) electrons. The Labute approximate surface area is 87.8 Å². The van der Waals surface area contributed by atoms with Gasteiger partial charge in [0.1, 0.15) is 11.6 Å². The third kappa shape index (κ3) is 2.24. The molecule has 0 saturated heterocycles. The Morgan fingerprint density at radius 3 is 1.47 bits per heavy atom. The average Bonchev–Trinajstić information content (AvgIpc) is 2.24. The van der Waals surface area contributed by atoms with Crippen molar-refractivity contribution in [3.8, 4) is 0 Å². The van der Waals surface area contributed by atoms with Gasteiger partial charge >= 0.3 is 0 Å². The lowest BCUT2D eigenvalue weighted by Gasteiger charge is -2.02. The molecule has 0 saturated carbocycles. The molecule has 0 unspecified atom stereocenters. The van der Waals surface area contributed by atoms with Gasteiger partial charge < -0.3 is 0 Å².